The van der Waals surface area contributed by atoms with Crippen LogP contribution in [0.3, 0.4) is 0 Å². The van der Waals surface area contributed by atoms with Crippen LogP contribution in [0.25, 0.3) is 0 Å². The average molecular weight is 238 g/mol. The summed E-state index contributed by atoms with van der Waals surface area (Å²) in [7, 11) is 0. The maximum atomic E-state index is 13.3. The van der Waals surface area contributed by atoms with E-state index in [1.54, 1.807) is 18.2 Å². The molecule has 0 heterocycles. The normalized spacial score (nSPS) is 14.1. The first-order chi connectivity index (χ1) is 8.06. The van der Waals surface area contributed by atoms with Gasteiger partial charge in [0.05, 0.1) is 6.04 Å². The van der Waals surface area contributed by atoms with Crippen molar-refractivity contribution in [2.24, 2.45) is 11.7 Å². The molecule has 1 rings (SSSR count). The number of carbonyl (C=O) groups is 1. The molecule has 4 heteroatoms. The lowest BCUT2D eigenvalue weighted by Gasteiger charge is -2.17. The van der Waals surface area contributed by atoms with Gasteiger partial charge in [-0.25, -0.2) is 4.39 Å². The zero-order valence-corrected chi connectivity index (χ0v) is 10.2. The zero-order chi connectivity index (χ0) is 12.8. The molecule has 1 amide bonds. The van der Waals surface area contributed by atoms with Crippen molar-refractivity contribution >= 4 is 5.91 Å². The van der Waals surface area contributed by atoms with Gasteiger partial charge in [0, 0.05) is 12.1 Å². The van der Waals surface area contributed by atoms with Gasteiger partial charge in [0.15, 0.2) is 0 Å². The van der Waals surface area contributed by atoms with Crippen LogP contribution in [0.2, 0.25) is 0 Å². The molecule has 94 valence electrons. The minimum atomic E-state index is -0.535. The zero-order valence-electron chi connectivity index (χ0n) is 10.2. The summed E-state index contributed by atoms with van der Waals surface area (Å²) in [6.45, 7) is 4.08. The molecule has 0 radical (unpaired) electrons. The standard InChI is InChI=1S/C13H19FN2O/c1-3-9(2)12(15)13(17)16-8-10-6-4-5-7-11(10)14/h4-7,9,12H,3,8,15H2,1-2H3,(H,16,17)/t9-,12-/m0/s1. The molecule has 0 aromatic heterocycles. The molecule has 0 aliphatic carbocycles. The lowest BCUT2D eigenvalue weighted by molar-refractivity contribution is -0.123. The number of amides is 1. The molecule has 1 aromatic rings. The summed E-state index contributed by atoms with van der Waals surface area (Å²) in [5.41, 5.74) is 6.24. The van der Waals surface area contributed by atoms with E-state index in [0.29, 0.717) is 5.56 Å². The van der Waals surface area contributed by atoms with E-state index in [-0.39, 0.29) is 24.2 Å². The van der Waals surface area contributed by atoms with Gasteiger partial charge in [0.1, 0.15) is 5.82 Å². The van der Waals surface area contributed by atoms with Gasteiger partial charge in [-0.15, -0.1) is 0 Å². The lowest BCUT2D eigenvalue weighted by Crippen LogP contribution is -2.44. The first-order valence-corrected chi connectivity index (χ1v) is 5.83. The Morgan fingerprint density at radius 1 is 1.47 bits per heavy atom. The Kier molecular flexibility index (Phi) is 5.10. The number of carbonyl (C=O) groups excluding carboxylic acids is 1. The van der Waals surface area contributed by atoms with Crippen LogP contribution in [0.15, 0.2) is 24.3 Å². The fourth-order valence-electron chi connectivity index (χ4n) is 1.45. The summed E-state index contributed by atoms with van der Waals surface area (Å²) >= 11 is 0. The first kappa shape index (κ1) is 13.6. The van der Waals surface area contributed by atoms with Gasteiger partial charge in [-0.05, 0) is 12.0 Å². The lowest BCUT2D eigenvalue weighted by atomic mass is 9.99. The topological polar surface area (TPSA) is 55.1 Å². The van der Waals surface area contributed by atoms with Crippen LogP contribution in [0.1, 0.15) is 25.8 Å². The molecule has 0 unspecified atom stereocenters. The van der Waals surface area contributed by atoms with Crippen molar-refractivity contribution in [1.29, 1.82) is 0 Å². The van der Waals surface area contributed by atoms with Crippen molar-refractivity contribution in [2.75, 3.05) is 0 Å². The van der Waals surface area contributed by atoms with Crippen LogP contribution in [0.5, 0.6) is 0 Å². The summed E-state index contributed by atoms with van der Waals surface area (Å²) in [6.07, 6.45) is 0.842. The number of halogens is 1. The van der Waals surface area contributed by atoms with Gasteiger partial charge < -0.3 is 11.1 Å². The minimum Gasteiger partial charge on any atom is -0.351 e. The van der Waals surface area contributed by atoms with Crippen molar-refractivity contribution in [1.82, 2.24) is 5.32 Å². The third kappa shape index (κ3) is 3.82. The third-order valence-corrected chi connectivity index (χ3v) is 2.97. The number of rotatable bonds is 5. The molecular weight excluding hydrogens is 219 g/mol. The molecule has 0 aliphatic rings. The van der Waals surface area contributed by atoms with E-state index in [9.17, 15) is 9.18 Å². The number of hydrogen-bond acceptors (Lipinski definition) is 2. The molecule has 0 saturated carbocycles. The minimum absolute atomic E-state index is 0.121. The molecule has 0 spiro atoms. The van der Waals surface area contributed by atoms with Crippen LogP contribution in [0, 0.1) is 11.7 Å². The predicted molar refractivity (Wildman–Crippen MR) is 65.7 cm³/mol. The average Bonchev–Trinajstić information content (AvgIpc) is 2.35. The first-order valence-electron chi connectivity index (χ1n) is 5.83. The highest BCUT2D eigenvalue weighted by atomic mass is 19.1. The summed E-state index contributed by atoms with van der Waals surface area (Å²) in [5, 5.41) is 2.65. The summed E-state index contributed by atoms with van der Waals surface area (Å²) < 4.78 is 13.3. The Bertz CT molecular complexity index is 381. The van der Waals surface area contributed by atoms with Crippen molar-refractivity contribution in [3.8, 4) is 0 Å². The smallest absolute Gasteiger partial charge is 0.237 e. The molecule has 0 fully saturated rings. The maximum absolute atomic E-state index is 13.3. The summed E-state index contributed by atoms with van der Waals surface area (Å²) in [5.74, 6) is -0.428. The van der Waals surface area contributed by atoms with Crippen molar-refractivity contribution in [3.05, 3.63) is 35.6 Å². The summed E-state index contributed by atoms with van der Waals surface area (Å²) in [6, 6.07) is 5.83. The van der Waals surface area contributed by atoms with Crippen LogP contribution >= 0.6 is 0 Å². The Balaban J connectivity index is 2.51. The predicted octanol–water partition coefficient (Wildman–Crippen LogP) is 1.82. The number of hydrogen-bond donors (Lipinski definition) is 2. The number of nitrogens with two attached hydrogens (primary N) is 1. The Hall–Kier alpha value is -1.42. The molecule has 0 saturated heterocycles. The second-order valence-corrected chi connectivity index (χ2v) is 4.22. The number of nitrogens with one attached hydrogen (secondary N) is 1. The molecule has 3 nitrogen and oxygen atoms in total. The maximum Gasteiger partial charge on any atom is 0.237 e. The largest absolute Gasteiger partial charge is 0.351 e. The quantitative estimate of drug-likeness (QED) is 0.822. The highest BCUT2D eigenvalue weighted by Gasteiger charge is 2.19. The van der Waals surface area contributed by atoms with Crippen LogP contribution < -0.4 is 11.1 Å². The van der Waals surface area contributed by atoms with Crippen molar-refractivity contribution in [3.63, 3.8) is 0 Å². The van der Waals surface area contributed by atoms with E-state index in [1.165, 1.54) is 6.07 Å². The highest BCUT2D eigenvalue weighted by molar-refractivity contribution is 5.81. The molecular formula is C13H19FN2O. The highest BCUT2D eigenvalue weighted by Crippen LogP contribution is 2.07. The van der Waals surface area contributed by atoms with Gasteiger partial charge in [-0.1, -0.05) is 38.5 Å². The molecule has 3 N–H and O–H groups in total. The van der Waals surface area contributed by atoms with E-state index < -0.39 is 6.04 Å². The molecule has 0 aliphatic heterocycles. The van der Waals surface area contributed by atoms with Gasteiger partial charge in [0.2, 0.25) is 5.91 Å². The fraction of sp³-hybridized carbons (Fsp3) is 0.462. The second-order valence-electron chi connectivity index (χ2n) is 4.22. The van der Waals surface area contributed by atoms with Crippen molar-refractivity contribution < 1.29 is 9.18 Å². The van der Waals surface area contributed by atoms with Gasteiger partial charge in [-0.3, -0.25) is 4.79 Å². The van der Waals surface area contributed by atoms with E-state index in [4.69, 9.17) is 5.73 Å². The Labute approximate surface area is 101 Å². The second kappa shape index (κ2) is 6.35. The van der Waals surface area contributed by atoms with E-state index in [2.05, 4.69) is 5.32 Å². The van der Waals surface area contributed by atoms with E-state index >= 15 is 0 Å². The van der Waals surface area contributed by atoms with Gasteiger partial charge in [0.25, 0.3) is 0 Å². The Morgan fingerprint density at radius 2 is 2.12 bits per heavy atom. The fourth-order valence-corrected chi connectivity index (χ4v) is 1.45. The van der Waals surface area contributed by atoms with Gasteiger partial charge in [-0.2, -0.15) is 0 Å². The number of benzene rings is 1. The SMILES string of the molecule is CC[C@H](C)[C@H](N)C(=O)NCc1ccccc1F. The van der Waals surface area contributed by atoms with Crippen LogP contribution in [-0.4, -0.2) is 11.9 Å². The van der Waals surface area contributed by atoms with Crippen LogP contribution in [0.4, 0.5) is 4.39 Å². The molecule has 0 bridgehead atoms. The Morgan fingerprint density at radius 3 is 2.71 bits per heavy atom. The van der Waals surface area contributed by atoms with E-state index in [0.717, 1.165) is 6.42 Å². The monoisotopic (exact) mass is 238 g/mol. The van der Waals surface area contributed by atoms with Gasteiger partial charge >= 0.3 is 0 Å². The molecule has 1 aromatic carbocycles. The third-order valence-electron chi connectivity index (χ3n) is 2.97. The van der Waals surface area contributed by atoms with E-state index in [1.807, 2.05) is 13.8 Å². The van der Waals surface area contributed by atoms with Crippen molar-refractivity contribution in [2.45, 2.75) is 32.9 Å². The van der Waals surface area contributed by atoms with Crippen LogP contribution in [-0.2, 0) is 11.3 Å². The molecule has 2 atom stereocenters. The molecule has 17 heavy (non-hydrogen) atoms. The summed E-state index contributed by atoms with van der Waals surface area (Å²) in [4.78, 5) is 11.7.